The number of carbonyl (C=O) groups excluding carboxylic acids is 2. The third-order valence-electron chi connectivity index (χ3n) is 4.57. The molecule has 0 saturated heterocycles. The molecule has 0 radical (unpaired) electrons. The van der Waals surface area contributed by atoms with Crippen molar-refractivity contribution in [3.05, 3.63) is 89.5 Å². The summed E-state index contributed by atoms with van der Waals surface area (Å²) in [5, 5.41) is 5.64. The predicted octanol–water partition coefficient (Wildman–Crippen LogP) is 4.50. The number of aryl methyl sites for hydroxylation is 1. The molecule has 0 fully saturated rings. The van der Waals surface area contributed by atoms with Gasteiger partial charge in [0.25, 0.3) is 5.91 Å². The molecule has 3 aromatic carbocycles. The second-order valence-electron chi connectivity index (χ2n) is 6.82. The van der Waals surface area contributed by atoms with Gasteiger partial charge >= 0.3 is 0 Å². The van der Waals surface area contributed by atoms with E-state index in [-0.39, 0.29) is 18.4 Å². The number of ether oxygens (including phenoxy) is 1. The molecular weight excluding hydrogens is 364 g/mol. The Morgan fingerprint density at radius 1 is 0.759 bits per heavy atom. The van der Waals surface area contributed by atoms with Gasteiger partial charge in [-0.25, -0.2) is 0 Å². The van der Waals surface area contributed by atoms with Crippen LogP contribution in [0.4, 0.5) is 11.4 Å². The number of hydrogen-bond acceptors (Lipinski definition) is 3. The molecule has 29 heavy (non-hydrogen) atoms. The molecule has 0 bridgehead atoms. The average molecular weight is 388 g/mol. The number of nitrogens with one attached hydrogen (secondary N) is 2. The summed E-state index contributed by atoms with van der Waals surface area (Å²) in [5.74, 6) is 0.373. The summed E-state index contributed by atoms with van der Waals surface area (Å²) < 4.78 is 5.62. The topological polar surface area (TPSA) is 67.4 Å². The van der Waals surface area contributed by atoms with Crippen molar-refractivity contribution < 1.29 is 14.3 Å². The second kappa shape index (κ2) is 9.55. The number of anilines is 2. The van der Waals surface area contributed by atoms with Crippen molar-refractivity contribution in [2.24, 2.45) is 0 Å². The summed E-state index contributed by atoms with van der Waals surface area (Å²) in [6.45, 7) is 3.90. The lowest BCUT2D eigenvalue weighted by atomic mass is 10.1. The SMILES string of the molecule is Cc1cccc(OCC(=O)Nc2ccc(NC(=O)Cc3ccccc3)cc2)c1C. The highest BCUT2D eigenvalue weighted by molar-refractivity contribution is 5.94. The minimum Gasteiger partial charge on any atom is -0.483 e. The molecule has 5 heteroatoms. The van der Waals surface area contributed by atoms with E-state index in [4.69, 9.17) is 4.74 Å². The lowest BCUT2D eigenvalue weighted by Gasteiger charge is -2.11. The van der Waals surface area contributed by atoms with Crippen LogP contribution in [-0.4, -0.2) is 18.4 Å². The van der Waals surface area contributed by atoms with E-state index >= 15 is 0 Å². The Bertz CT molecular complexity index is 983. The smallest absolute Gasteiger partial charge is 0.262 e. The van der Waals surface area contributed by atoms with Crippen LogP contribution in [0.1, 0.15) is 16.7 Å². The highest BCUT2D eigenvalue weighted by atomic mass is 16.5. The Labute approximate surface area is 170 Å². The molecule has 0 aliphatic rings. The van der Waals surface area contributed by atoms with Gasteiger partial charge in [0, 0.05) is 11.4 Å². The normalized spacial score (nSPS) is 10.3. The molecule has 0 aliphatic heterocycles. The first-order valence-corrected chi connectivity index (χ1v) is 9.44. The first-order valence-electron chi connectivity index (χ1n) is 9.44. The zero-order chi connectivity index (χ0) is 20.6. The van der Waals surface area contributed by atoms with Gasteiger partial charge < -0.3 is 15.4 Å². The largest absolute Gasteiger partial charge is 0.483 e. The fourth-order valence-electron chi connectivity index (χ4n) is 2.84. The number of carbonyl (C=O) groups is 2. The number of rotatable bonds is 7. The maximum Gasteiger partial charge on any atom is 0.262 e. The third kappa shape index (κ3) is 5.94. The number of hydrogen-bond donors (Lipinski definition) is 2. The van der Waals surface area contributed by atoms with E-state index in [0.717, 1.165) is 16.7 Å². The monoisotopic (exact) mass is 388 g/mol. The first-order chi connectivity index (χ1) is 14.0. The van der Waals surface area contributed by atoms with Crippen LogP contribution < -0.4 is 15.4 Å². The van der Waals surface area contributed by atoms with Crippen molar-refractivity contribution in [3.63, 3.8) is 0 Å². The van der Waals surface area contributed by atoms with E-state index in [0.29, 0.717) is 23.5 Å². The van der Waals surface area contributed by atoms with Crippen molar-refractivity contribution in [2.45, 2.75) is 20.3 Å². The van der Waals surface area contributed by atoms with Crippen LogP contribution in [0.5, 0.6) is 5.75 Å². The van der Waals surface area contributed by atoms with E-state index in [1.165, 1.54) is 0 Å². The maximum atomic E-state index is 12.1. The fourth-order valence-corrected chi connectivity index (χ4v) is 2.84. The first kappa shape index (κ1) is 20.1. The Morgan fingerprint density at radius 3 is 2.03 bits per heavy atom. The molecule has 0 spiro atoms. The molecule has 148 valence electrons. The lowest BCUT2D eigenvalue weighted by Crippen LogP contribution is -2.20. The molecule has 0 saturated carbocycles. The van der Waals surface area contributed by atoms with Crippen LogP contribution in [0.25, 0.3) is 0 Å². The molecule has 3 aromatic rings. The molecule has 0 aliphatic carbocycles. The van der Waals surface area contributed by atoms with Crippen LogP contribution >= 0.6 is 0 Å². The molecule has 0 atom stereocenters. The van der Waals surface area contributed by atoms with E-state index in [2.05, 4.69) is 10.6 Å². The van der Waals surface area contributed by atoms with Crippen LogP contribution in [0.2, 0.25) is 0 Å². The van der Waals surface area contributed by atoms with E-state index < -0.39 is 0 Å². The van der Waals surface area contributed by atoms with E-state index in [1.807, 2.05) is 62.4 Å². The Morgan fingerprint density at radius 2 is 1.38 bits per heavy atom. The summed E-state index contributed by atoms with van der Waals surface area (Å²) in [7, 11) is 0. The minimum absolute atomic E-state index is 0.0696. The van der Waals surface area contributed by atoms with Gasteiger partial charge in [-0.2, -0.15) is 0 Å². The summed E-state index contributed by atoms with van der Waals surface area (Å²) in [6.07, 6.45) is 0.315. The van der Waals surface area contributed by atoms with Crippen molar-refractivity contribution in [2.75, 3.05) is 17.2 Å². The molecule has 0 aromatic heterocycles. The minimum atomic E-state index is -0.244. The van der Waals surface area contributed by atoms with Gasteiger partial charge in [0.1, 0.15) is 5.75 Å². The van der Waals surface area contributed by atoms with Crippen LogP contribution in [0.15, 0.2) is 72.8 Å². The Hall–Kier alpha value is -3.60. The summed E-state index contributed by atoms with van der Waals surface area (Å²) in [6, 6.07) is 22.3. The Balaban J connectivity index is 1.49. The summed E-state index contributed by atoms with van der Waals surface area (Å²) in [4.78, 5) is 24.3. The van der Waals surface area contributed by atoms with Crippen molar-refractivity contribution in [1.82, 2.24) is 0 Å². The average Bonchev–Trinajstić information content (AvgIpc) is 2.71. The van der Waals surface area contributed by atoms with Gasteiger partial charge in [0.15, 0.2) is 6.61 Å². The molecule has 3 rings (SSSR count). The standard InChI is InChI=1S/C24H24N2O3/c1-17-7-6-10-22(18(17)2)29-16-24(28)26-21-13-11-20(12-14-21)25-23(27)15-19-8-4-3-5-9-19/h3-14H,15-16H2,1-2H3,(H,25,27)(H,26,28). The number of amides is 2. The quantitative estimate of drug-likeness (QED) is 0.626. The molecule has 0 heterocycles. The molecule has 5 nitrogen and oxygen atoms in total. The zero-order valence-electron chi connectivity index (χ0n) is 16.6. The van der Waals surface area contributed by atoms with E-state index in [1.54, 1.807) is 24.3 Å². The second-order valence-corrected chi connectivity index (χ2v) is 6.82. The Kier molecular flexibility index (Phi) is 6.63. The zero-order valence-corrected chi connectivity index (χ0v) is 16.6. The van der Waals surface area contributed by atoms with Gasteiger partial charge in [-0.3, -0.25) is 9.59 Å². The van der Waals surface area contributed by atoms with Gasteiger partial charge in [-0.1, -0.05) is 42.5 Å². The highest BCUT2D eigenvalue weighted by Crippen LogP contribution is 2.20. The maximum absolute atomic E-state index is 12.1. The van der Waals surface area contributed by atoms with Crippen LogP contribution in [0.3, 0.4) is 0 Å². The van der Waals surface area contributed by atoms with Crippen LogP contribution in [0, 0.1) is 13.8 Å². The number of benzene rings is 3. The molecule has 0 unspecified atom stereocenters. The van der Waals surface area contributed by atoms with Gasteiger partial charge in [-0.05, 0) is 60.9 Å². The summed E-state index contributed by atoms with van der Waals surface area (Å²) >= 11 is 0. The van der Waals surface area contributed by atoms with Gasteiger partial charge in [-0.15, -0.1) is 0 Å². The van der Waals surface area contributed by atoms with Crippen LogP contribution in [-0.2, 0) is 16.0 Å². The van der Waals surface area contributed by atoms with Crippen molar-refractivity contribution >= 4 is 23.2 Å². The van der Waals surface area contributed by atoms with E-state index in [9.17, 15) is 9.59 Å². The molecule has 2 N–H and O–H groups in total. The van der Waals surface area contributed by atoms with Crippen molar-refractivity contribution in [3.8, 4) is 5.75 Å². The van der Waals surface area contributed by atoms with Gasteiger partial charge in [0.05, 0.1) is 6.42 Å². The lowest BCUT2D eigenvalue weighted by molar-refractivity contribution is -0.118. The third-order valence-corrected chi connectivity index (χ3v) is 4.57. The molecule has 2 amide bonds. The van der Waals surface area contributed by atoms with Crippen molar-refractivity contribution in [1.29, 1.82) is 0 Å². The van der Waals surface area contributed by atoms with Gasteiger partial charge in [0.2, 0.25) is 5.91 Å². The summed E-state index contributed by atoms with van der Waals surface area (Å²) in [5.41, 5.74) is 4.41. The highest BCUT2D eigenvalue weighted by Gasteiger charge is 2.08. The fraction of sp³-hybridized carbons (Fsp3) is 0.167. The predicted molar refractivity (Wildman–Crippen MR) is 115 cm³/mol. The molecular formula is C24H24N2O3.